The van der Waals surface area contributed by atoms with Gasteiger partial charge in [0.25, 0.3) is 0 Å². The molecule has 6 heteroatoms. The maximum Gasteiger partial charge on any atom is 0.341 e. The lowest BCUT2D eigenvalue weighted by molar-refractivity contribution is 0.506. The number of aromatic nitrogens is 2. The summed E-state index contributed by atoms with van der Waals surface area (Å²) >= 11 is 12.3. The molecule has 2 heterocycles. The summed E-state index contributed by atoms with van der Waals surface area (Å²) in [5, 5.41) is 6.60. The number of fused-ring (bicyclic) bond motifs is 1. The van der Waals surface area contributed by atoms with Gasteiger partial charge in [0.2, 0.25) is 5.71 Å². The summed E-state index contributed by atoms with van der Waals surface area (Å²) in [6.07, 6.45) is 0.526. The van der Waals surface area contributed by atoms with Crippen molar-refractivity contribution in [1.29, 1.82) is 0 Å². The van der Waals surface area contributed by atoms with Gasteiger partial charge in [-0.3, -0.25) is 0 Å². The molecule has 0 fully saturated rings. The molecular weight excluding hydrogens is 407 g/mol. The minimum absolute atomic E-state index is 0.334. The summed E-state index contributed by atoms with van der Waals surface area (Å²) in [6.45, 7) is 6.31. The number of nitrogens with zero attached hydrogens (tertiary/aromatic N) is 2. The van der Waals surface area contributed by atoms with Gasteiger partial charge in [-0.2, -0.15) is 5.10 Å². The summed E-state index contributed by atoms with van der Waals surface area (Å²) in [5.74, 6) is 0. The number of benzene rings is 2. The van der Waals surface area contributed by atoms with Crippen LogP contribution in [0.4, 0.5) is 0 Å². The van der Waals surface area contributed by atoms with Gasteiger partial charge in [0.15, 0.2) is 0 Å². The first-order valence-electron chi connectivity index (χ1n) is 9.32. The monoisotopic (exact) mass is 426 g/mol. The molecule has 4 aromatic rings. The third-order valence-electron chi connectivity index (χ3n) is 5.18. The minimum atomic E-state index is -0.334. The van der Waals surface area contributed by atoms with E-state index >= 15 is 0 Å². The highest BCUT2D eigenvalue weighted by Crippen LogP contribution is 2.27. The molecular formula is C23H20Cl2N2O2. The molecule has 0 spiro atoms. The van der Waals surface area contributed by atoms with Crippen molar-refractivity contribution in [1.82, 2.24) is 9.78 Å². The van der Waals surface area contributed by atoms with Gasteiger partial charge >= 0.3 is 5.63 Å². The minimum Gasteiger partial charge on any atom is -0.404 e. The van der Waals surface area contributed by atoms with Crippen LogP contribution in [-0.2, 0) is 13.0 Å². The molecule has 148 valence electrons. The SMILES string of the molecule is Cc1ccc(Cc2c(C)c3c(C)nn(Cc4ccc(Cl)cc4Cl)c3oc2=O)cc1. The molecule has 0 saturated heterocycles. The van der Waals surface area contributed by atoms with Crippen molar-refractivity contribution in [2.75, 3.05) is 0 Å². The highest BCUT2D eigenvalue weighted by molar-refractivity contribution is 6.35. The van der Waals surface area contributed by atoms with Crippen LogP contribution in [0.15, 0.2) is 51.7 Å². The lowest BCUT2D eigenvalue weighted by atomic mass is 10.00. The maximum absolute atomic E-state index is 12.8. The van der Waals surface area contributed by atoms with E-state index in [-0.39, 0.29) is 5.63 Å². The van der Waals surface area contributed by atoms with E-state index in [9.17, 15) is 4.79 Å². The number of hydrogen-bond acceptors (Lipinski definition) is 3. The molecule has 4 nitrogen and oxygen atoms in total. The van der Waals surface area contributed by atoms with Crippen LogP contribution in [-0.4, -0.2) is 9.78 Å². The zero-order valence-electron chi connectivity index (χ0n) is 16.4. The van der Waals surface area contributed by atoms with Crippen molar-refractivity contribution in [2.45, 2.75) is 33.7 Å². The second kappa shape index (κ2) is 7.69. The molecule has 0 aliphatic heterocycles. The molecule has 0 saturated carbocycles. The largest absolute Gasteiger partial charge is 0.404 e. The Morgan fingerprint density at radius 1 is 1.03 bits per heavy atom. The fraction of sp³-hybridized carbons (Fsp3) is 0.217. The van der Waals surface area contributed by atoms with E-state index in [2.05, 4.69) is 5.10 Å². The fourth-order valence-electron chi connectivity index (χ4n) is 3.58. The van der Waals surface area contributed by atoms with Gasteiger partial charge in [0.1, 0.15) is 0 Å². The van der Waals surface area contributed by atoms with Crippen molar-refractivity contribution >= 4 is 34.3 Å². The number of hydrogen-bond donors (Lipinski definition) is 0. The molecule has 0 bridgehead atoms. The van der Waals surface area contributed by atoms with E-state index in [4.69, 9.17) is 27.6 Å². The lowest BCUT2D eigenvalue weighted by Crippen LogP contribution is -2.12. The van der Waals surface area contributed by atoms with Gasteiger partial charge in [0.05, 0.1) is 17.6 Å². The van der Waals surface area contributed by atoms with Crippen molar-refractivity contribution in [2.24, 2.45) is 0 Å². The number of halogens is 2. The molecule has 0 radical (unpaired) electrons. The van der Waals surface area contributed by atoms with Gasteiger partial charge in [0, 0.05) is 22.0 Å². The Balaban J connectivity index is 1.78. The first kappa shape index (κ1) is 19.7. The fourth-order valence-corrected chi connectivity index (χ4v) is 4.05. The van der Waals surface area contributed by atoms with E-state index in [0.29, 0.717) is 34.3 Å². The predicted molar refractivity (Wildman–Crippen MR) is 117 cm³/mol. The second-order valence-corrected chi connectivity index (χ2v) is 8.16. The average molecular weight is 427 g/mol. The number of rotatable bonds is 4. The first-order valence-corrected chi connectivity index (χ1v) is 10.1. The zero-order chi connectivity index (χ0) is 20.7. The molecule has 4 rings (SSSR count). The van der Waals surface area contributed by atoms with Crippen LogP contribution in [0.3, 0.4) is 0 Å². The summed E-state index contributed by atoms with van der Waals surface area (Å²) in [7, 11) is 0. The first-order chi connectivity index (χ1) is 13.8. The van der Waals surface area contributed by atoms with Gasteiger partial charge in [-0.05, 0) is 49.6 Å². The third-order valence-corrected chi connectivity index (χ3v) is 5.77. The van der Waals surface area contributed by atoms with Crippen molar-refractivity contribution in [3.63, 3.8) is 0 Å². The highest BCUT2D eigenvalue weighted by Gasteiger charge is 2.19. The molecule has 0 aliphatic carbocycles. The molecule has 0 amide bonds. The molecule has 0 N–H and O–H groups in total. The quantitative estimate of drug-likeness (QED) is 0.410. The average Bonchev–Trinajstić information content (AvgIpc) is 2.97. The molecule has 29 heavy (non-hydrogen) atoms. The van der Waals surface area contributed by atoms with Gasteiger partial charge in [-0.25, -0.2) is 9.48 Å². The Morgan fingerprint density at radius 2 is 1.76 bits per heavy atom. The van der Waals surface area contributed by atoms with Crippen LogP contribution in [0.25, 0.3) is 11.1 Å². The summed E-state index contributed by atoms with van der Waals surface area (Å²) < 4.78 is 7.42. The van der Waals surface area contributed by atoms with E-state index in [1.54, 1.807) is 16.8 Å². The van der Waals surface area contributed by atoms with E-state index in [0.717, 1.165) is 27.8 Å². The Labute approximate surface area is 178 Å². The normalized spacial score (nSPS) is 11.3. The van der Waals surface area contributed by atoms with Crippen LogP contribution in [0.2, 0.25) is 10.0 Å². The zero-order valence-corrected chi connectivity index (χ0v) is 17.9. The van der Waals surface area contributed by atoms with Crippen LogP contribution in [0.1, 0.15) is 33.5 Å². The smallest absolute Gasteiger partial charge is 0.341 e. The summed E-state index contributed by atoms with van der Waals surface area (Å²) in [5.41, 5.74) is 5.62. The highest BCUT2D eigenvalue weighted by atomic mass is 35.5. The topological polar surface area (TPSA) is 48.0 Å². The summed E-state index contributed by atoms with van der Waals surface area (Å²) in [6, 6.07) is 13.5. The van der Waals surface area contributed by atoms with Crippen LogP contribution in [0.5, 0.6) is 0 Å². The summed E-state index contributed by atoms with van der Waals surface area (Å²) in [4.78, 5) is 12.8. The Hall–Kier alpha value is -2.56. The number of aryl methyl sites for hydroxylation is 3. The lowest BCUT2D eigenvalue weighted by Gasteiger charge is -2.08. The molecule has 0 unspecified atom stereocenters. The molecule has 2 aromatic heterocycles. The maximum atomic E-state index is 12.8. The molecule has 0 aliphatic rings. The van der Waals surface area contributed by atoms with Crippen LogP contribution >= 0.6 is 23.2 Å². The molecule has 0 atom stereocenters. The standard InChI is InChI=1S/C23H20Cl2N2O2/c1-13-4-6-16(7-5-13)10-19-14(2)21-15(3)26-27(22(21)29-23(19)28)12-17-8-9-18(24)11-20(17)25/h4-9,11H,10,12H2,1-3H3. The predicted octanol–water partition coefficient (Wildman–Crippen LogP) is 5.86. The van der Waals surface area contributed by atoms with Crippen LogP contribution < -0.4 is 5.63 Å². The third kappa shape index (κ3) is 3.83. The van der Waals surface area contributed by atoms with Gasteiger partial charge < -0.3 is 4.42 Å². The van der Waals surface area contributed by atoms with Crippen molar-refractivity contribution in [3.05, 3.63) is 96.4 Å². The van der Waals surface area contributed by atoms with Crippen molar-refractivity contribution < 1.29 is 4.42 Å². The Kier molecular flexibility index (Phi) is 5.24. The van der Waals surface area contributed by atoms with Crippen molar-refractivity contribution in [3.8, 4) is 0 Å². The van der Waals surface area contributed by atoms with E-state index in [1.807, 2.05) is 51.1 Å². The van der Waals surface area contributed by atoms with Gasteiger partial charge in [-0.1, -0.05) is 59.1 Å². The van der Waals surface area contributed by atoms with E-state index in [1.165, 1.54) is 5.56 Å². The second-order valence-electron chi connectivity index (χ2n) is 7.31. The van der Waals surface area contributed by atoms with Crippen LogP contribution in [0, 0.1) is 20.8 Å². The Bertz CT molecular complexity index is 1270. The Morgan fingerprint density at radius 3 is 2.45 bits per heavy atom. The van der Waals surface area contributed by atoms with Gasteiger partial charge in [-0.15, -0.1) is 0 Å². The molecule has 2 aromatic carbocycles. The van der Waals surface area contributed by atoms with E-state index < -0.39 is 0 Å².